The predicted molar refractivity (Wildman–Crippen MR) is 94.5 cm³/mol. The summed E-state index contributed by atoms with van der Waals surface area (Å²) in [5.74, 6) is 0. The van der Waals surface area contributed by atoms with E-state index < -0.39 is 30.0 Å². The number of anilines is 1. The lowest BCUT2D eigenvalue weighted by Gasteiger charge is -2.32. The maximum Gasteiger partial charge on any atom is 0.500 e. The summed E-state index contributed by atoms with van der Waals surface area (Å²) >= 11 is 0. The van der Waals surface area contributed by atoms with Crippen LogP contribution in [0, 0.1) is 11.3 Å². The summed E-state index contributed by atoms with van der Waals surface area (Å²) in [5.41, 5.74) is -0.909. The minimum Gasteiger partial charge on any atom is -0.444 e. The first-order valence-electron chi connectivity index (χ1n) is 8.11. The van der Waals surface area contributed by atoms with Crippen LogP contribution in [0.3, 0.4) is 0 Å². The summed E-state index contributed by atoms with van der Waals surface area (Å²) in [6.07, 6.45) is 0.820. The molecular formula is C17H24BN3O4. The van der Waals surface area contributed by atoms with Crippen LogP contribution in [0.5, 0.6) is 0 Å². The molecule has 1 aromatic heterocycles. The number of ether oxygens (including phenoxy) is 1. The molecule has 1 aliphatic heterocycles. The molecule has 1 aromatic rings. The Labute approximate surface area is 148 Å². The standard InChI is InChI=1S/C17H24BN3O4/c1-15(2,3)23-14(22)21-11-8-9-20-12(10-19)13(11)18-24-16(4,5)17(6,7)25-18/h8-9H,1-7H3,(H,20,21,22). The lowest BCUT2D eigenvalue weighted by Crippen LogP contribution is -2.41. The average molecular weight is 345 g/mol. The molecule has 25 heavy (non-hydrogen) atoms. The molecule has 0 saturated carbocycles. The second kappa shape index (κ2) is 6.32. The monoisotopic (exact) mass is 345 g/mol. The predicted octanol–water partition coefficient (Wildman–Crippen LogP) is 2.60. The molecule has 8 heteroatoms. The largest absolute Gasteiger partial charge is 0.500 e. The van der Waals surface area contributed by atoms with E-state index in [2.05, 4.69) is 10.3 Å². The fourth-order valence-electron chi connectivity index (χ4n) is 2.28. The van der Waals surface area contributed by atoms with Crippen molar-refractivity contribution in [1.29, 1.82) is 5.26 Å². The van der Waals surface area contributed by atoms with Crippen LogP contribution in [-0.4, -0.2) is 35.0 Å². The Morgan fingerprint density at radius 2 is 1.84 bits per heavy atom. The number of pyridine rings is 1. The van der Waals surface area contributed by atoms with Gasteiger partial charge in [0.15, 0.2) is 0 Å². The molecule has 1 aliphatic rings. The van der Waals surface area contributed by atoms with Gasteiger partial charge in [-0.2, -0.15) is 5.26 Å². The zero-order valence-electron chi connectivity index (χ0n) is 15.8. The second-order valence-corrected chi connectivity index (χ2v) is 7.95. The molecule has 0 radical (unpaired) electrons. The van der Waals surface area contributed by atoms with Crippen LogP contribution >= 0.6 is 0 Å². The van der Waals surface area contributed by atoms with Crippen LogP contribution in [0.2, 0.25) is 0 Å². The lowest BCUT2D eigenvalue weighted by molar-refractivity contribution is 0.00578. The topological polar surface area (TPSA) is 93.5 Å². The van der Waals surface area contributed by atoms with E-state index in [1.165, 1.54) is 6.20 Å². The third kappa shape index (κ3) is 4.11. The summed E-state index contributed by atoms with van der Waals surface area (Å²) < 4.78 is 17.3. The van der Waals surface area contributed by atoms with Gasteiger partial charge in [0.05, 0.1) is 11.2 Å². The van der Waals surface area contributed by atoms with E-state index in [9.17, 15) is 10.1 Å². The van der Waals surface area contributed by atoms with E-state index in [0.29, 0.717) is 11.2 Å². The van der Waals surface area contributed by atoms with Crippen LogP contribution in [0.1, 0.15) is 54.2 Å². The summed E-state index contributed by atoms with van der Waals surface area (Å²) in [4.78, 5) is 16.2. The van der Waals surface area contributed by atoms with Gasteiger partial charge in [0.1, 0.15) is 17.4 Å². The molecule has 1 N–H and O–H groups in total. The van der Waals surface area contributed by atoms with Crippen molar-refractivity contribution in [2.45, 2.75) is 65.3 Å². The molecule has 0 bridgehead atoms. The number of carbonyl (C=O) groups excluding carboxylic acids is 1. The molecule has 1 fully saturated rings. The number of hydrogen-bond acceptors (Lipinski definition) is 6. The van der Waals surface area contributed by atoms with E-state index in [4.69, 9.17) is 14.0 Å². The molecule has 0 aromatic carbocycles. The number of carbonyl (C=O) groups is 1. The van der Waals surface area contributed by atoms with Crippen LogP contribution in [0.4, 0.5) is 10.5 Å². The molecule has 0 atom stereocenters. The third-order valence-electron chi connectivity index (χ3n) is 4.22. The highest BCUT2D eigenvalue weighted by Crippen LogP contribution is 2.37. The molecule has 1 saturated heterocycles. The summed E-state index contributed by atoms with van der Waals surface area (Å²) in [5, 5.41) is 12.1. The molecule has 0 aliphatic carbocycles. The second-order valence-electron chi connectivity index (χ2n) is 7.95. The van der Waals surface area contributed by atoms with Crippen molar-refractivity contribution in [2.24, 2.45) is 0 Å². The normalized spacial score (nSPS) is 18.6. The van der Waals surface area contributed by atoms with Gasteiger partial charge in [0, 0.05) is 17.3 Å². The SMILES string of the molecule is CC(C)(C)OC(=O)Nc1ccnc(C#N)c1B1OC(C)(C)C(C)(C)O1. The fraction of sp³-hybridized carbons (Fsp3) is 0.588. The zero-order chi connectivity index (χ0) is 19.0. The van der Waals surface area contributed by atoms with Gasteiger partial charge in [-0.25, -0.2) is 9.78 Å². The number of nitrogens with zero attached hydrogens (tertiary/aromatic N) is 2. The zero-order valence-corrected chi connectivity index (χ0v) is 15.8. The minimum atomic E-state index is -0.821. The van der Waals surface area contributed by atoms with E-state index >= 15 is 0 Å². The highest BCUT2D eigenvalue weighted by Gasteiger charge is 2.53. The minimum absolute atomic E-state index is 0.132. The Balaban J connectivity index is 2.38. The summed E-state index contributed by atoms with van der Waals surface area (Å²) in [7, 11) is -0.821. The van der Waals surface area contributed by atoms with Gasteiger partial charge in [-0.1, -0.05) is 0 Å². The van der Waals surface area contributed by atoms with Gasteiger partial charge in [0.2, 0.25) is 0 Å². The van der Waals surface area contributed by atoms with Gasteiger partial charge in [-0.3, -0.25) is 5.32 Å². The molecule has 7 nitrogen and oxygen atoms in total. The Morgan fingerprint density at radius 3 is 2.32 bits per heavy atom. The van der Waals surface area contributed by atoms with E-state index in [1.807, 2.05) is 33.8 Å². The molecule has 2 heterocycles. The number of rotatable bonds is 2. The highest BCUT2D eigenvalue weighted by atomic mass is 16.7. The van der Waals surface area contributed by atoms with Crippen molar-refractivity contribution in [1.82, 2.24) is 4.98 Å². The van der Waals surface area contributed by atoms with Gasteiger partial charge < -0.3 is 14.0 Å². The van der Waals surface area contributed by atoms with E-state index in [0.717, 1.165) is 0 Å². The quantitative estimate of drug-likeness (QED) is 0.828. The summed E-state index contributed by atoms with van der Waals surface area (Å²) in [6.45, 7) is 13.0. The lowest BCUT2D eigenvalue weighted by atomic mass is 9.76. The molecule has 134 valence electrons. The van der Waals surface area contributed by atoms with Crippen molar-refractivity contribution < 1.29 is 18.8 Å². The molecule has 0 unspecified atom stereocenters. The smallest absolute Gasteiger partial charge is 0.444 e. The fourth-order valence-corrected chi connectivity index (χ4v) is 2.28. The van der Waals surface area contributed by atoms with Crippen molar-refractivity contribution in [3.05, 3.63) is 18.0 Å². The first kappa shape index (κ1) is 19.2. The Morgan fingerprint density at radius 1 is 1.28 bits per heavy atom. The first-order valence-corrected chi connectivity index (χ1v) is 8.11. The highest BCUT2D eigenvalue weighted by molar-refractivity contribution is 6.64. The van der Waals surface area contributed by atoms with Crippen molar-refractivity contribution in [3.63, 3.8) is 0 Å². The molecule has 1 amide bonds. The van der Waals surface area contributed by atoms with Crippen LogP contribution in [0.25, 0.3) is 0 Å². The molecular weight excluding hydrogens is 321 g/mol. The van der Waals surface area contributed by atoms with Crippen LogP contribution < -0.4 is 10.8 Å². The maximum atomic E-state index is 12.1. The molecule has 0 spiro atoms. The van der Waals surface area contributed by atoms with Gasteiger partial charge in [-0.15, -0.1) is 0 Å². The van der Waals surface area contributed by atoms with Crippen molar-refractivity contribution >= 4 is 24.4 Å². The van der Waals surface area contributed by atoms with Crippen LogP contribution in [0.15, 0.2) is 12.3 Å². The van der Waals surface area contributed by atoms with Gasteiger partial charge in [0.25, 0.3) is 0 Å². The first-order chi connectivity index (χ1) is 11.4. The van der Waals surface area contributed by atoms with E-state index in [-0.39, 0.29) is 5.69 Å². The van der Waals surface area contributed by atoms with E-state index in [1.54, 1.807) is 26.8 Å². The molecule has 2 rings (SSSR count). The maximum absolute atomic E-state index is 12.1. The Hall–Kier alpha value is -2.11. The van der Waals surface area contributed by atoms with Crippen molar-refractivity contribution in [3.8, 4) is 6.07 Å². The number of hydrogen-bond donors (Lipinski definition) is 1. The number of aromatic nitrogens is 1. The number of nitriles is 1. The average Bonchev–Trinajstić information content (AvgIpc) is 2.64. The number of amides is 1. The summed E-state index contributed by atoms with van der Waals surface area (Å²) in [6, 6.07) is 3.61. The number of nitrogens with one attached hydrogen (secondary N) is 1. The Kier molecular flexibility index (Phi) is 4.86. The van der Waals surface area contributed by atoms with Crippen LogP contribution in [-0.2, 0) is 14.0 Å². The van der Waals surface area contributed by atoms with Gasteiger partial charge in [-0.05, 0) is 54.5 Å². The third-order valence-corrected chi connectivity index (χ3v) is 4.22. The van der Waals surface area contributed by atoms with Gasteiger partial charge >= 0.3 is 13.2 Å². The van der Waals surface area contributed by atoms with Crippen molar-refractivity contribution in [2.75, 3.05) is 5.32 Å². The Bertz CT molecular complexity index is 704.